The first-order chi connectivity index (χ1) is 37.5. The average molecular weight is 1160 g/mol. The second kappa shape index (κ2) is 24.3. The molecule has 2 N–H and O–H groups in total. The lowest BCUT2D eigenvalue weighted by molar-refractivity contribution is -0.344. The number of allylic oxidation sites excluding steroid dienone is 2. The van der Waals surface area contributed by atoms with Gasteiger partial charge in [-0.2, -0.15) is 0 Å². The molecule has 11 atom stereocenters. The van der Waals surface area contributed by atoms with Crippen LogP contribution in [0.1, 0.15) is 157 Å². The Morgan fingerprint density at radius 2 is 1.41 bits per heavy atom. The van der Waals surface area contributed by atoms with Gasteiger partial charge in [-0.15, -0.1) is 0 Å². The van der Waals surface area contributed by atoms with Gasteiger partial charge in [0.2, 0.25) is 5.91 Å². The van der Waals surface area contributed by atoms with E-state index < -0.39 is 113 Å². The van der Waals surface area contributed by atoms with E-state index in [-0.39, 0.29) is 48.2 Å². The number of rotatable bonds is 14. The third kappa shape index (κ3) is 11.6. The fraction of sp³-hybridized carbons (Fsp3) is 0.667. The van der Waals surface area contributed by atoms with Crippen molar-refractivity contribution in [1.82, 2.24) is 5.32 Å². The van der Waals surface area contributed by atoms with Gasteiger partial charge < -0.3 is 42.6 Å². The lowest BCUT2D eigenvalue weighted by Crippen LogP contribution is -2.82. The number of benzene rings is 2. The van der Waals surface area contributed by atoms with Gasteiger partial charge in [-0.1, -0.05) is 131 Å². The minimum atomic E-state index is -2.88. The molecule has 1 saturated heterocycles. The zero-order valence-electron chi connectivity index (χ0n) is 51.0. The molecule has 0 radical (unpaired) electrons. The molecule has 3 aliphatic heterocycles. The fourth-order valence-corrected chi connectivity index (χ4v) is 20.6. The van der Waals surface area contributed by atoms with E-state index in [0.717, 1.165) is 23.7 Å². The maximum absolute atomic E-state index is 17.3. The number of hydrogen-bond donors (Lipinski definition) is 2. The molecular formula is C63H95NO13Si3. The van der Waals surface area contributed by atoms with Crippen molar-refractivity contribution >= 4 is 54.6 Å². The second-order valence-electron chi connectivity index (χ2n) is 25.9. The normalized spacial score (nSPS) is 32.1. The summed E-state index contributed by atoms with van der Waals surface area (Å²) in [6.45, 7) is 31.6. The van der Waals surface area contributed by atoms with E-state index in [1.165, 1.54) is 6.92 Å². The Morgan fingerprint density at radius 3 is 1.96 bits per heavy atom. The Hall–Kier alpha value is -4.08. The molecule has 3 aliphatic carbocycles. The summed E-state index contributed by atoms with van der Waals surface area (Å²) >= 11 is 0. The maximum atomic E-state index is 17.3. The highest BCUT2D eigenvalue weighted by molar-refractivity contribution is 6.74. The summed E-state index contributed by atoms with van der Waals surface area (Å²) in [5.41, 5.74) is -4.22. The van der Waals surface area contributed by atoms with Gasteiger partial charge in [-0.3, -0.25) is 14.4 Å². The van der Waals surface area contributed by atoms with E-state index in [9.17, 15) is 14.7 Å². The number of hydrogen-bond acceptors (Lipinski definition) is 13. The van der Waals surface area contributed by atoms with Crippen molar-refractivity contribution in [1.29, 1.82) is 0 Å². The van der Waals surface area contributed by atoms with Gasteiger partial charge in [-0.05, 0) is 122 Å². The highest BCUT2D eigenvalue weighted by Crippen LogP contribution is 2.65. The van der Waals surface area contributed by atoms with Crippen LogP contribution in [0.2, 0.25) is 54.4 Å². The van der Waals surface area contributed by atoms with Crippen molar-refractivity contribution in [3.05, 3.63) is 94.6 Å². The van der Waals surface area contributed by atoms with Crippen LogP contribution in [0.5, 0.6) is 0 Å². The number of aliphatic hydroxyl groups is 1. The summed E-state index contributed by atoms with van der Waals surface area (Å²) in [6.07, 6.45) is -1.40. The first kappa shape index (κ1) is 63.5. The predicted octanol–water partition coefficient (Wildman–Crippen LogP) is 12.2. The number of carbonyl (C=O) groups is 5. The van der Waals surface area contributed by atoms with Crippen LogP contribution in [0.4, 0.5) is 0 Å². The minimum Gasteiger partial charge on any atom is -0.456 e. The molecule has 8 rings (SSSR count). The van der Waals surface area contributed by atoms with Crippen LogP contribution >= 0.6 is 0 Å². The van der Waals surface area contributed by atoms with E-state index in [1.807, 2.05) is 95.4 Å². The lowest BCUT2D eigenvalue weighted by atomic mass is 9.44. The molecular weight excluding hydrogens is 1060 g/mol. The second-order valence-corrected chi connectivity index (χ2v) is 40.1. The van der Waals surface area contributed by atoms with Crippen molar-refractivity contribution in [3.8, 4) is 0 Å². The van der Waals surface area contributed by atoms with Crippen LogP contribution in [0, 0.1) is 16.7 Å². The molecule has 11 unspecified atom stereocenters. The third-order valence-electron chi connectivity index (χ3n) is 20.5. The van der Waals surface area contributed by atoms with Crippen molar-refractivity contribution in [3.63, 3.8) is 0 Å². The summed E-state index contributed by atoms with van der Waals surface area (Å²) in [6, 6.07) is 19.7. The van der Waals surface area contributed by atoms with Crippen molar-refractivity contribution in [2.45, 2.75) is 244 Å². The van der Waals surface area contributed by atoms with Crippen molar-refractivity contribution in [2.75, 3.05) is 6.61 Å². The number of nitrogens with one attached hydrogen (secondary N) is 1. The summed E-state index contributed by atoms with van der Waals surface area (Å²) in [7, 11) is -8.31. The molecule has 6 aliphatic rings. The van der Waals surface area contributed by atoms with Crippen LogP contribution in [-0.4, -0.2) is 114 Å². The molecule has 1 amide bonds. The number of esters is 3. The number of carbonyl (C=O) groups excluding carboxylic acids is 5. The van der Waals surface area contributed by atoms with Crippen LogP contribution in [0.15, 0.2) is 77.9 Å². The number of amides is 1. The number of Topliss-reactive ketones (excluding diaryl/α,β-unsaturated/α-hetero) is 1. The van der Waals surface area contributed by atoms with Crippen molar-refractivity contribution in [2.24, 2.45) is 16.7 Å². The van der Waals surface area contributed by atoms with E-state index in [4.69, 9.17) is 32.2 Å². The molecule has 3 heterocycles. The van der Waals surface area contributed by atoms with Gasteiger partial charge in [0.25, 0.3) is 0 Å². The van der Waals surface area contributed by atoms with E-state index in [2.05, 4.69) is 67.6 Å². The molecule has 2 aromatic carbocycles. The Bertz CT molecular complexity index is 2620. The monoisotopic (exact) mass is 1160 g/mol. The maximum Gasteiger partial charge on any atom is 0.338 e. The molecule has 2 aromatic rings. The Morgan fingerprint density at radius 1 is 0.812 bits per heavy atom. The highest BCUT2D eigenvalue weighted by atomic mass is 28.4. The number of ketones is 1. The Labute approximate surface area is 480 Å². The highest BCUT2D eigenvalue weighted by Gasteiger charge is 2.79. The van der Waals surface area contributed by atoms with Crippen LogP contribution in [-0.2, 0) is 57.8 Å². The standard InChI is InChI=1S/C63H95NO13Si3/c1-17-79(18-2,19-3)75-47-38-48-62(40-71-48,74-42(8)65)54-56-63(70)39-46(41(7)50(60(63,12)13)52(55(67)61(47,54)14)77-80(20-4,21-5)22-6)72-58(69)53(76-78(15,16)59(9,10)11)51(44-31-27-25-28-32-44)64-49(66)33-29-24-23-26-30-43-34-36-45(37-35-43)57(68)73-56/h23,25-28,31-32,34-37,46-48,51-54,56,70H,17-22,24,29-30,33,38-40H2,1-16H3,(H,64,66)/b26-23-. The zero-order valence-corrected chi connectivity index (χ0v) is 54.0. The molecule has 442 valence electrons. The van der Waals surface area contributed by atoms with Gasteiger partial charge >= 0.3 is 17.9 Å². The topological polar surface area (TPSA) is 182 Å². The molecule has 3 fully saturated rings. The van der Waals surface area contributed by atoms with Crippen LogP contribution in [0.3, 0.4) is 0 Å². The van der Waals surface area contributed by atoms with Crippen LogP contribution < -0.4 is 5.32 Å². The molecule has 80 heavy (non-hydrogen) atoms. The molecule has 14 nitrogen and oxygen atoms in total. The van der Waals surface area contributed by atoms with E-state index in [0.29, 0.717) is 54.1 Å². The molecule has 5 bridgehead atoms. The summed E-state index contributed by atoms with van der Waals surface area (Å²) < 4.78 is 49.6. The molecule has 0 aromatic heterocycles. The van der Waals surface area contributed by atoms with Crippen LogP contribution in [0.25, 0.3) is 0 Å². The zero-order chi connectivity index (χ0) is 59.0. The Balaban J connectivity index is 1.58. The first-order valence-electron chi connectivity index (χ1n) is 29.9. The number of fused-ring (bicyclic) bond motifs is 17. The fourth-order valence-electron chi connectivity index (χ4n) is 13.7. The summed E-state index contributed by atoms with van der Waals surface area (Å²) in [4.78, 5) is 76.7. The SMILES string of the molecule is CC[Si](CC)(CC)OC1C(=O)C2(C)C(O[Si](CC)(CC)CC)CC3OCC3(OC(C)=O)C2C2OC(=O)c3ccc(cc3)C/C=C\CCCC(=O)NC(c3ccccc3)C(O[Si](C)(C)C(C)(C)C)C(=O)OC3CC2(O)C(C)(C)C1=C3C. The smallest absolute Gasteiger partial charge is 0.338 e. The van der Waals surface area contributed by atoms with Crippen molar-refractivity contribution < 1.29 is 61.3 Å². The van der Waals surface area contributed by atoms with E-state index in [1.54, 1.807) is 12.1 Å². The van der Waals surface area contributed by atoms with E-state index >= 15 is 14.4 Å². The largest absolute Gasteiger partial charge is 0.456 e. The summed E-state index contributed by atoms with van der Waals surface area (Å²) in [5.74, 6) is -4.07. The Kier molecular flexibility index (Phi) is 19.3. The van der Waals surface area contributed by atoms with Gasteiger partial charge in [-0.25, -0.2) is 9.59 Å². The van der Waals surface area contributed by atoms with Gasteiger partial charge in [0.05, 0.1) is 35.6 Å². The van der Waals surface area contributed by atoms with Gasteiger partial charge in [0.15, 0.2) is 42.4 Å². The predicted molar refractivity (Wildman–Crippen MR) is 317 cm³/mol. The van der Waals surface area contributed by atoms with Gasteiger partial charge in [0, 0.05) is 31.6 Å². The summed E-state index contributed by atoms with van der Waals surface area (Å²) in [5, 5.41) is 17.6. The quantitative estimate of drug-likeness (QED) is 0.0790. The van der Waals surface area contributed by atoms with Gasteiger partial charge in [0.1, 0.15) is 30.0 Å². The molecule has 17 heteroatoms. The first-order valence-corrected chi connectivity index (χ1v) is 37.8. The average Bonchev–Trinajstić information content (AvgIpc) is 3.41. The third-order valence-corrected chi connectivity index (χ3v) is 34.2. The minimum absolute atomic E-state index is 0.148. The number of ether oxygens (including phenoxy) is 4. The molecule has 2 saturated carbocycles. The lowest BCUT2D eigenvalue weighted by Gasteiger charge is -2.68. The molecule has 0 spiro atoms.